The molecule has 2 aromatic carbocycles. The maximum absolute atomic E-state index is 11.3. The highest BCUT2D eigenvalue weighted by atomic mass is 16.5. The summed E-state index contributed by atoms with van der Waals surface area (Å²) in [5, 5.41) is 18.3. The molecule has 0 spiro atoms. The smallest absolute Gasteiger partial charge is 0.162 e. The maximum Gasteiger partial charge on any atom is 0.162 e. The van der Waals surface area contributed by atoms with Gasteiger partial charge in [-0.2, -0.15) is 0 Å². The molecule has 0 saturated carbocycles. The Bertz CT molecular complexity index is 709. The van der Waals surface area contributed by atoms with Crippen LogP contribution in [0, 0.1) is 0 Å². The number of phenolic OH excluding ortho intramolecular Hbond substituents is 2. The van der Waals surface area contributed by atoms with E-state index in [1.165, 1.54) is 38.5 Å². The zero-order valence-electron chi connectivity index (χ0n) is 13.8. The van der Waals surface area contributed by atoms with Crippen LogP contribution in [-0.2, 0) is 0 Å². The van der Waals surface area contributed by atoms with Crippen molar-refractivity contribution in [3.63, 3.8) is 0 Å². The van der Waals surface area contributed by atoms with Crippen LogP contribution in [0.1, 0.15) is 34.1 Å². The second kappa shape index (κ2) is 9.19. The first-order valence-corrected chi connectivity index (χ1v) is 7.19. The average Bonchev–Trinajstić information content (AvgIpc) is 2.62. The SMILES string of the molecule is CCC(=O)c1ccc(O)c(OC)c1.COc1cc(C=O)ccc1O. The Hall–Kier alpha value is -3.02. The molecule has 2 aromatic rings. The molecule has 2 N–H and O–H groups in total. The summed E-state index contributed by atoms with van der Waals surface area (Å²) < 4.78 is 9.66. The number of carbonyl (C=O) groups excluding carboxylic acids is 2. The Morgan fingerprint density at radius 1 is 1.00 bits per heavy atom. The summed E-state index contributed by atoms with van der Waals surface area (Å²) in [6.07, 6.45) is 1.15. The number of ether oxygens (including phenoxy) is 2. The van der Waals surface area contributed by atoms with Crippen molar-refractivity contribution in [1.29, 1.82) is 0 Å². The minimum absolute atomic E-state index is 0.0399. The molecule has 0 bridgehead atoms. The van der Waals surface area contributed by atoms with Crippen LogP contribution in [0.15, 0.2) is 36.4 Å². The summed E-state index contributed by atoms with van der Waals surface area (Å²) in [6.45, 7) is 1.79. The Morgan fingerprint density at radius 2 is 1.54 bits per heavy atom. The van der Waals surface area contributed by atoms with Gasteiger partial charge < -0.3 is 19.7 Å². The van der Waals surface area contributed by atoms with Crippen molar-refractivity contribution in [3.05, 3.63) is 47.5 Å². The highest BCUT2D eigenvalue weighted by Gasteiger charge is 2.07. The Morgan fingerprint density at radius 3 is 2.04 bits per heavy atom. The Balaban J connectivity index is 0.000000243. The van der Waals surface area contributed by atoms with Gasteiger partial charge in [0.05, 0.1) is 14.2 Å². The first-order valence-electron chi connectivity index (χ1n) is 7.19. The lowest BCUT2D eigenvalue weighted by atomic mass is 10.1. The molecule has 0 aliphatic carbocycles. The molecule has 0 aliphatic rings. The van der Waals surface area contributed by atoms with Crippen molar-refractivity contribution in [2.75, 3.05) is 14.2 Å². The van der Waals surface area contributed by atoms with Gasteiger partial charge in [-0.05, 0) is 36.4 Å². The minimum Gasteiger partial charge on any atom is -0.504 e. The van der Waals surface area contributed by atoms with Gasteiger partial charge in [0.1, 0.15) is 6.29 Å². The standard InChI is InChI=1S/C10H12O3.C8H8O3/c1-3-8(11)7-4-5-9(12)10(6-7)13-2;1-11-8-4-6(5-9)2-3-7(8)10/h4-6,12H,3H2,1-2H3;2-5,10H,1H3. The number of rotatable bonds is 5. The van der Waals surface area contributed by atoms with Gasteiger partial charge in [0.2, 0.25) is 0 Å². The molecule has 0 saturated heterocycles. The van der Waals surface area contributed by atoms with Crippen molar-refractivity contribution in [3.8, 4) is 23.0 Å². The van der Waals surface area contributed by atoms with Gasteiger partial charge >= 0.3 is 0 Å². The molecule has 0 fully saturated rings. The number of aldehydes is 1. The van der Waals surface area contributed by atoms with E-state index in [1.54, 1.807) is 19.1 Å². The number of hydrogen-bond acceptors (Lipinski definition) is 6. The van der Waals surface area contributed by atoms with Crippen molar-refractivity contribution in [2.45, 2.75) is 13.3 Å². The second-order valence-electron chi connectivity index (χ2n) is 4.71. The third-order valence-corrected chi connectivity index (χ3v) is 3.16. The summed E-state index contributed by atoms with van der Waals surface area (Å²) in [7, 11) is 2.89. The average molecular weight is 332 g/mol. The predicted octanol–water partition coefficient (Wildman–Crippen LogP) is 3.21. The summed E-state index contributed by atoms with van der Waals surface area (Å²) in [5.41, 5.74) is 1.05. The lowest BCUT2D eigenvalue weighted by Crippen LogP contribution is -1.96. The van der Waals surface area contributed by atoms with Crippen LogP contribution >= 0.6 is 0 Å². The quantitative estimate of drug-likeness (QED) is 0.645. The lowest BCUT2D eigenvalue weighted by molar-refractivity contribution is 0.0987. The molecule has 0 amide bonds. The van der Waals surface area contributed by atoms with Crippen molar-refractivity contribution in [2.24, 2.45) is 0 Å². The molecule has 0 atom stereocenters. The van der Waals surface area contributed by atoms with E-state index in [0.29, 0.717) is 35.3 Å². The number of ketones is 1. The summed E-state index contributed by atoms with van der Waals surface area (Å²) in [4.78, 5) is 21.5. The van der Waals surface area contributed by atoms with E-state index < -0.39 is 0 Å². The summed E-state index contributed by atoms with van der Waals surface area (Å²) >= 11 is 0. The van der Waals surface area contributed by atoms with Crippen molar-refractivity contribution >= 4 is 12.1 Å². The molecule has 0 aromatic heterocycles. The second-order valence-corrected chi connectivity index (χ2v) is 4.71. The molecule has 128 valence electrons. The van der Waals surface area contributed by atoms with Crippen molar-refractivity contribution in [1.82, 2.24) is 0 Å². The number of carbonyl (C=O) groups is 2. The summed E-state index contributed by atoms with van der Waals surface area (Å²) in [5.74, 6) is 0.778. The third-order valence-electron chi connectivity index (χ3n) is 3.16. The van der Waals surface area contributed by atoms with E-state index in [2.05, 4.69) is 0 Å². The number of methoxy groups -OCH3 is 2. The number of benzene rings is 2. The van der Waals surface area contributed by atoms with Crippen LogP contribution in [0.4, 0.5) is 0 Å². The van der Waals surface area contributed by atoms with Gasteiger partial charge in [-0.15, -0.1) is 0 Å². The topological polar surface area (TPSA) is 93.1 Å². The van der Waals surface area contributed by atoms with Crippen LogP contribution in [0.25, 0.3) is 0 Å². The van der Waals surface area contributed by atoms with Gasteiger partial charge in [0, 0.05) is 17.5 Å². The molecule has 2 rings (SSSR count). The molecule has 6 nitrogen and oxygen atoms in total. The van der Waals surface area contributed by atoms with Gasteiger partial charge in [0.25, 0.3) is 0 Å². The van der Waals surface area contributed by atoms with E-state index in [-0.39, 0.29) is 17.3 Å². The molecule has 0 heterocycles. The summed E-state index contributed by atoms with van der Waals surface area (Å²) in [6, 6.07) is 9.00. The lowest BCUT2D eigenvalue weighted by Gasteiger charge is -2.04. The number of phenols is 2. The number of hydrogen-bond donors (Lipinski definition) is 2. The van der Waals surface area contributed by atoms with E-state index in [0.717, 1.165) is 0 Å². The van der Waals surface area contributed by atoms with E-state index in [9.17, 15) is 14.7 Å². The fourth-order valence-corrected chi connectivity index (χ4v) is 1.82. The minimum atomic E-state index is 0.0399. The first kappa shape index (κ1) is 19.0. The van der Waals surface area contributed by atoms with Crippen LogP contribution in [0.5, 0.6) is 23.0 Å². The van der Waals surface area contributed by atoms with Crippen LogP contribution in [-0.4, -0.2) is 36.5 Å². The Kier molecular flexibility index (Phi) is 7.29. The molecular formula is C18H20O6. The maximum atomic E-state index is 11.3. The van der Waals surface area contributed by atoms with Gasteiger partial charge in [-0.1, -0.05) is 6.92 Å². The van der Waals surface area contributed by atoms with Crippen LogP contribution in [0.3, 0.4) is 0 Å². The van der Waals surface area contributed by atoms with E-state index >= 15 is 0 Å². The fourth-order valence-electron chi connectivity index (χ4n) is 1.82. The predicted molar refractivity (Wildman–Crippen MR) is 89.3 cm³/mol. The van der Waals surface area contributed by atoms with Crippen molar-refractivity contribution < 1.29 is 29.3 Å². The first-order chi connectivity index (χ1) is 11.5. The van der Waals surface area contributed by atoms with Gasteiger partial charge in [-0.3, -0.25) is 9.59 Å². The largest absolute Gasteiger partial charge is 0.504 e. The number of aromatic hydroxyl groups is 2. The molecular weight excluding hydrogens is 312 g/mol. The zero-order chi connectivity index (χ0) is 18.1. The molecule has 6 heteroatoms. The number of Topliss-reactive ketones (excluding diaryl/α,β-unsaturated/α-hetero) is 1. The zero-order valence-corrected chi connectivity index (χ0v) is 13.8. The highest BCUT2D eigenvalue weighted by Crippen LogP contribution is 2.26. The highest BCUT2D eigenvalue weighted by molar-refractivity contribution is 5.96. The molecule has 0 aliphatic heterocycles. The third kappa shape index (κ3) is 5.01. The van der Waals surface area contributed by atoms with Crippen LogP contribution in [0.2, 0.25) is 0 Å². The fraction of sp³-hybridized carbons (Fsp3) is 0.222. The van der Waals surface area contributed by atoms with Crippen LogP contribution < -0.4 is 9.47 Å². The molecule has 0 radical (unpaired) electrons. The monoisotopic (exact) mass is 332 g/mol. The van der Waals surface area contributed by atoms with Gasteiger partial charge in [-0.25, -0.2) is 0 Å². The molecule has 0 unspecified atom stereocenters. The molecule has 24 heavy (non-hydrogen) atoms. The normalized spacial score (nSPS) is 9.46. The Labute approximate surface area is 140 Å². The van der Waals surface area contributed by atoms with E-state index in [4.69, 9.17) is 14.6 Å². The van der Waals surface area contributed by atoms with Gasteiger partial charge in [0.15, 0.2) is 28.8 Å². The van der Waals surface area contributed by atoms with E-state index in [1.807, 2.05) is 0 Å².